The fourth-order valence-corrected chi connectivity index (χ4v) is 2.27. The zero-order chi connectivity index (χ0) is 11.5. The minimum atomic E-state index is -1.07. The molecule has 16 heavy (non-hydrogen) atoms. The van der Waals surface area contributed by atoms with Crippen molar-refractivity contribution in [1.29, 1.82) is 0 Å². The molecule has 1 fully saturated rings. The number of thiazole rings is 1. The van der Waals surface area contributed by atoms with Crippen molar-refractivity contribution < 1.29 is 14.6 Å². The third kappa shape index (κ3) is 2.49. The Morgan fingerprint density at radius 1 is 1.81 bits per heavy atom. The Balaban J connectivity index is 1.98. The van der Waals surface area contributed by atoms with Crippen LogP contribution in [0, 0.1) is 0 Å². The van der Waals surface area contributed by atoms with E-state index in [4.69, 9.17) is 15.6 Å². The Labute approximate surface area is 96.4 Å². The van der Waals surface area contributed by atoms with E-state index in [1.54, 1.807) is 5.38 Å². The lowest BCUT2D eigenvalue weighted by Gasteiger charge is -2.08. The highest BCUT2D eigenvalue weighted by Crippen LogP contribution is 2.21. The van der Waals surface area contributed by atoms with Gasteiger partial charge < -0.3 is 20.9 Å². The second kappa shape index (κ2) is 4.77. The number of nitrogens with one attached hydrogen (secondary N) is 1. The van der Waals surface area contributed by atoms with Crippen molar-refractivity contribution in [1.82, 2.24) is 4.98 Å². The molecule has 6 nitrogen and oxygen atoms in total. The number of carboxylic acid groups (broad SMARTS) is 1. The van der Waals surface area contributed by atoms with Crippen molar-refractivity contribution in [3.05, 3.63) is 11.1 Å². The summed E-state index contributed by atoms with van der Waals surface area (Å²) in [5.74, 6) is -1.07. The molecule has 0 radical (unpaired) electrons. The van der Waals surface area contributed by atoms with E-state index in [0.717, 1.165) is 13.0 Å². The number of nitrogens with two attached hydrogens (primary N) is 1. The average molecular weight is 243 g/mol. The van der Waals surface area contributed by atoms with Gasteiger partial charge in [0.2, 0.25) is 0 Å². The molecule has 7 heteroatoms. The summed E-state index contributed by atoms with van der Waals surface area (Å²) in [5.41, 5.74) is 5.84. The molecule has 4 N–H and O–H groups in total. The number of nitrogens with zero attached hydrogens (tertiary/aromatic N) is 1. The molecule has 0 saturated carbocycles. The van der Waals surface area contributed by atoms with E-state index in [0.29, 0.717) is 17.4 Å². The third-order valence-corrected chi connectivity index (χ3v) is 3.16. The van der Waals surface area contributed by atoms with Gasteiger partial charge in [0.1, 0.15) is 6.04 Å². The Bertz CT molecular complexity index is 376. The van der Waals surface area contributed by atoms with E-state index >= 15 is 0 Å². The van der Waals surface area contributed by atoms with Crippen LogP contribution in [0.5, 0.6) is 0 Å². The van der Waals surface area contributed by atoms with Crippen LogP contribution in [0.2, 0.25) is 0 Å². The molecular weight excluding hydrogens is 230 g/mol. The quantitative estimate of drug-likeness (QED) is 0.709. The lowest BCUT2D eigenvalue weighted by Crippen LogP contribution is -2.22. The minimum Gasteiger partial charge on any atom is -0.480 e. The minimum absolute atomic E-state index is 0.264. The molecule has 2 heterocycles. The zero-order valence-corrected chi connectivity index (χ0v) is 9.37. The van der Waals surface area contributed by atoms with Crippen LogP contribution < -0.4 is 11.1 Å². The lowest BCUT2D eigenvalue weighted by atomic mass is 10.2. The number of anilines is 1. The van der Waals surface area contributed by atoms with E-state index in [2.05, 4.69) is 10.3 Å². The third-order valence-electron chi connectivity index (χ3n) is 2.36. The summed E-state index contributed by atoms with van der Waals surface area (Å²) in [6.45, 7) is 1.42. The second-order valence-electron chi connectivity index (χ2n) is 3.60. The fraction of sp³-hybridized carbons (Fsp3) is 0.556. The van der Waals surface area contributed by atoms with Gasteiger partial charge in [-0.25, -0.2) is 4.98 Å². The largest absolute Gasteiger partial charge is 0.480 e. The summed E-state index contributed by atoms with van der Waals surface area (Å²) < 4.78 is 5.22. The van der Waals surface area contributed by atoms with Gasteiger partial charge in [-0.15, -0.1) is 11.3 Å². The molecule has 0 bridgehead atoms. The summed E-state index contributed by atoms with van der Waals surface area (Å²) in [5, 5.41) is 14.3. The Hall–Kier alpha value is -1.18. The van der Waals surface area contributed by atoms with Crippen molar-refractivity contribution in [3.63, 3.8) is 0 Å². The second-order valence-corrected chi connectivity index (χ2v) is 4.46. The molecule has 0 aromatic carbocycles. The Morgan fingerprint density at radius 3 is 3.25 bits per heavy atom. The van der Waals surface area contributed by atoms with E-state index in [1.165, 1.54) is 11.3 Å². The number of aliphatic carboxylic acids is 1. The van der Waals surface area contributed by atoms with Gasteiger partial charge in [0.05, 0.1) is 18.3 Å². The number of hydrogen-bond donors (Lipinski definition) is 3. The molecule has 2 unspecified atom stereocenters. The van der Waals surface area contributed by atoms with Crippen LogP contribution >= 0.6 is 11.3 Å². The molecule has 2 rings (SSSR count). The van der Waals surface area contributed by atoms with Crippen LogP contribution in [0.4, 0.5) is 5.13 Å². The van der Waals surface area contributed by atoms with Crippen LogP contribution in [-0.4, -0.2) is 35.3 Å². The van der Waals surface area contributed by atoms with Gasteiger partial charge in [0.15, 0.2) is 5.13 Å². The number of aromatic nitrogens is 1. The molecule has 0 aliphatic carbocycles. The van der Waals surface area contributed by atoms with Crippen molar-refractivity contribution >= 4 is 22.4 Å². The summed E-state index contributed by atoms with van der Waals surface area (Å²) in [6, 6.07) is -0.785. The van der Waals surface area contributed by atoms with E-state index in [9.17, 15) is 4.79 Å². The van der Waals surface area contributed by atoms with Crippen molar-refractivity contribution in [3.8, 4) is 0 Å². The molecule has 1 aromatic rings. The van der Waals surface area contributed by atoms with Crippen LogP contribution in [-0.2, 0) is 9.53 Å². The van der Waals surface area contributed by atoms with Gasteiger partial charge >= 0.3 is 5.97 Å². The molecule has 88 valence electrons. The standard InChI is InChI=1S/C9H13N3O3S/c10-7(8(13)14)6-4-16-9(12-6)11-5-1-2-15-3-5/h4-5,7H,1-3,10H2,(H,11,12)(H,13,14). The highest BCUT2D eigenvalue weighted by atomic mass is 32.1. The van der Waals surface area contributed by atoms with Gasteiger partial charge in [0.25, 0.3) is 0 Å². The van der Waals surface area contributed by atoms with Crippen molar-refractivity contribution in [2.75, 3.05) is 18.5 Å². The van der Waals surface area contributed by atoms with Gasteiger partial charge in [-0.3, -0.25) is 4.79 Å². The monoisotopic (exact) mass is 243 g/mol. The van der Waals surface area contributed by atoms with Gasteiger partial charge in [0, 0.05) is 12.0 Å². The molecule has 0 amide bonds. The summed E-state index contributed by atoms with van der Waals surface area (Å²) in [6.07, 6.45) is 0.944. The normalized spacial score (nSPS) is 21.9. The highest BCUT2D eigenvalue weighted by Gasteiger charge is 2.20. The number of ether oxygens (including phenoxy) is 1. The predicted molar refractivity (Wildman–Crippen MR) is 59.5 cm³/mol. The topological polar surface area (TPSA) is 97.5 Å². The van der Waals surface area contributed by atoms with Crippen molar-refractivity contribution in [2.24, 2.45) is 5.73 Å². The molecule has 1 aromatic heterocycles. The fourth-order valence-electron chi connectivity index (χ4n) is 1.44. The first-order chi connectivity index (χ1) is 7.66. The van der Waals surface area contributed by atoms with Crippen LogP contribution in [0.15, 0.2) is 5.38 Å². The maximum atomic E-state index is 10.7. The first kappa shape index (κ1) is 11.3. The molecule has 2 atom stereocenters. The summed E-state index contributed by atoms with van der Waals surface area (Å²) in [4.78, 5) is 14.8. The molecular formula is C9H13N3O3S. The maximum Gasteiger partial charge on any atom is 0.326 e. The molecule has 1 aliphatic heterocycles. The Kier molecular flexibility index (Phi) is 3.37. The maximum absolute atomic E-state index is 10.7. The van der Waals surface area contributed by atoms with Gasteiger partial charge in [-0.05, 0) is 6.42 Å². The van der Waals surface area contributed by atoms with Crippen LogP contribution in [0.1, 0.15) is 18.2 Å². The van der Waals surface area contributed by atoms with E-state index < -0.39 is 12.0 Å². The number of carbonyl (C=O) groups is 1. The number of rotatable bonds is 4. The predicted octanol–water partition coefficient (Wildman–Crippen LogP) is 0.428. The lowest BCUT2D eigenvalue weighted by molar-refractivity contribution is -0.138. The van der Waals surface area contributed by atoms with Crippen molar-refractivity contribution in [2.45, 2.75) is 18.5 Å². The Morgan fingerprint density at radius 2 is 2.62 bits per heavy atom. The molecule has 1 aliphatic rings. The smallest absolute Gasteiger partial charge is 0.326 e. The molecule has 0 spiro atoms. The van der Waals surface area contributed by atoms with Gasteiger partial charge in [-0.2, -0.15) is 0 Å². The zero-order valence-electron chi connectivity index (χ0n) is 8.55. The van der Waals surface area contributed by atoms with E-state index in [1.807, 2.05) is 0 Å². The molecule has 1 saturated heterocycles. The van der Waals surface area contributed by atoms with Crippen LogP contribution in [0.3, 0.4) is 0 Å². The van der Waals surface area contributed by atoms with E-state index in [-0.39, 0.29) is 6.04 Å². The number of hydrogen-bond acceptors (Lipinski definition) is 6. The number of carboxylic acids is 1. The SMILES string of the molecule is NC(C(=O)O)c1csc(NC2CCOC2)n1. The highest BCUT2D eigenvalue weighted by molar-refractivity contribution is 7.13. The first-order valence-corrected chi connectivity index (χ1v) is 5.83. The summed E-state index contributed by atoms with van der Waals surface area (Å²) in [7, 11) is 0. The van der Waals surface area contributed by atoms with Gasteiger partial charge in [-0.1, -0.05) is 0 Å². The average Bonchev–Trinajstić information content (AvgIpc) is 2.88. The summed E-state index contributed by atoms with van der Waals surface area (Å²) >= 11 is 1.36. The van der Waals surface area contributed by atoms with Crippen LogP contribution in [0.25, 0.3) is 0 Å². The first-order valence-electron chi connectivity index (χ1n) is 4.95.